The minimum atomic E-state index is -0.250. The number of phenolic OH excluding ortho intramolecular Hbond substituents is 1. The van der Waals surface area contributed by atoms with Gasteiger partial charge < -0.3 is 9.84 Å². The molecule has 1 heterocycles. The van der Waals surface area contributed by atoms with Crippen molar-refractivity contribution in [1.29, 1.82) is 0 Å². The number of halogens is 2. The number of rotatable bonds is 10. The maximum absolute atomic E-state index is 11.0. The van der Waals surface area contributed by atoms with Gasteiger partial charge >= 0.3 is 0 Å². The van der Waals surface area contributed by atoms with Gasteiger partial charge in [-0.25, -0.2) is 0 Å². The fourth-order valence-corrected chi connectivity index (χ4v) is 5.65. The second-order valence-electron chi connectivity index (χ2n) is 9.36. The number of allylic oxidation sites excluding steroid dienone is 1. The van der Waals surface area contributed by atoms with E-state index in [-0.39, 0.29) is 11.5 Å². The molecule has 3 nitrogen and oxygen atoms in total. The molecule has 2 atom stereocenters. The number of aryl methyl sites for hydroxylation is 1. The van der Waals surface area contributed by atoms with Crippen LogP contribution >= 0.6 is 23.2 Å². The van der Waals surface area contributed by atoms with Crippen LogP contribution in [0.5, 0.6) is 11.5 Å². The molecule has 0 aromatic heterocycles. The zero-order valence-electron chi connectivity index (χ0n) is 18.7. The van der Waals surface area contributed by atoms with Gasteiger partial charge in [-0.15, -0.1) is 23.2 Å². The predicted octanol–water partition coefficient (Wildman–Crippen LogP) is 6.50. The summed E-state index contributed by atoms with van der Waals surface area (Å²) >= 11 is 12.0. The van der Waals surface area contributed by atoms with Crippen LogP contribution in [0.1, 0.15) is 69.9 Å². The predicted molar refractivity (Wildman–Crippen MR) is 127 cm³/mol. The van der Waals surface area contributed by atoms with E-state index in [9.17, 15) is 5.11 Å². The summed E-state index contributed by atoms with van der Waals surface area (Å²) < 4.78 is 6.48. The van der Waals surface area contributed by atoms with E-state index in [1.807, 2.05) is 6.07 Å². The van der Waals surface area contributed by atoms with Gasteiger partial charge in [0.05, 0.1) is 0 Å². The van der Waals surface area contributed by atoms with Crippen LogP contribution in [0.25, 0.3) is 0 Å². The molecular formula is C25H37Cl2NO2. The first-order valence-corrected chi connectivity index (χ1v) is 12.5. The van der Waals surface area contributed by atoms with Crippen molar-refractivity contribution in [3.05, 3.63) is 34.9 Å². The molecule has 5 heteroatoms. The lowest BCUT2D eigenvalue weighted by Gasteiger charge is -2.47. The summed E-state index contributed by atoms with van der Waals surface area (Å²) in [6.45, 7) is 9.19. The number of unbranched alkanes of at least 4 members (excludes halogenated alkanes) is 2. The van der Waals surface area contributed by atoms with E-state index in [1.165, 1.54) is 24.0 Å². The second kappa shape index (κ2) is 10.6. The molecule has 30 heavy (non-hydrogen) atoms. The normalized spacial score (nSPS) is 22.3. The Bertz CT molecular complexity index is 741. The maximum atomic E-state index is 11.0. The fourth-order valence-electron chi connectivity index (χ4n) is 5.17. The van der Waals surface area contributed by atoms with Crippen molar-refractivity contribution in [1.82, 2.24) is 4.90 Å². The molecule has 2 aliphatic rings. The van der Waals surface area contributed by atoms with Crippen molar-refractivity contribution in [3.8, 4) is 11.5 Å². The van der Waals surface area contributed by atoms with E-state index < -0.39 is 0 Å². The summed E-state index contributed by atoms with van der Waals surface area (Å²) in [5, 5.41) is 11.0. The molecule has 1 N–H and O–H groups in total. The number of ether oxygens (including phenoxy) is 1. The highest BCUT2D eigenvalue weighted by molar-refractivity contribution is 6.18. The SMILES string of the molecule is CCCCCc1cc(O)c2c(c1)OC(C)(C)[C@@H]1CC=C(CN(CCCl)CCCl)CC21. The van der Waals surface area contributed by atoms with Crippen molar-refractivity contribution in [2.75, 3.05) is 31.4 Å². The molecule has 0 fully saturated rings. The fraction of sp³-hybridized carbons (Fsp3) is 0.680. The lowest BCUT2D eigenvalue weighted by atomic mass is 9.67. The third-order valence-electron chi connectivity index (χ3n) is 6.74. The van der Waals surface area contributed by atoms with Gasteiger partial charge in [-0.3, -0.25) is 4.90 Å². The Morgan fingerprint density at radius 1 is 1.17 bits per heavy atom. The van der Waals surface area contributed by atoms with Crippen LogP contribution in [-0.4, -0.2) is 47.0 Å². The average molecular weight is 454 g/mol. The summed E-state index contributed by atoms with van der Waals surface area (Å²) in [6, 6.07) is 4.15. The largest absolute Gasteiger partial charge is 0.508 e. The van der Waals surface area contributed by atoms with Gasteiger partial charge in [-0.2, -0.15) is 0 Å². The number of hydrogen-bond acceptors (Lipinski definition) is 3. The van der Waals surface area contributed by atoms with Gasteiger partial charge in [-0.05, 0) is 57.2 Å². The first-order chi connectivity index (χ1) is 14.4. The van der Waals surface area contributed by atoms with Crippen LogP contribution in [0, 0.1) is 5.92 Å². The number of nitrogens with zero attached hydrogens (tertiary/aromatic N) is 1. The van der Waals surface area contributed by atoms with Crippen molar-refractivity contribution < 1.29 is 9.84 Å². The Hall–Kier alpha value is -0.900. The number of phenols is 1. The highest BCUT2D eigenvalue weighted by Crippen LogP contribution is 2.54. The van der Waals surface area contributed by atoms with Gasteiger partial charge in [0.2, 0.25) is 0 Å². The summed E-state index contributed by atoms with van der Waals surface area (Å²) in [6.07, 6.45) is 8.85. The molecule has 0 spiro atoms. The molecule has 1 aromatic rings. The molecule has 168 valence electrons. The topological polar surface area (TPSA) is 32.7 Å². The van der Waals surface area contributed by atoms with Gasteiger partial charge in [-0.1, -0.05) is 31.4 Å². The van der Waals surface area contributed by atoms with Gasteiger partial charge in [0.1, 0.15) is 17.1 Å². The third kappa shape index (κ3) is 5.47. The monoisotopic (exact) mass is 453 g/mol. The van der Waals surface area contributed by atoms with E-state index in [0.717, 1.165) is 56.6 Å². The Morgan fingerprint density at radius 2 is 1.90 bits per heavy atom. The Kier molecular flexibility index (Phi) is 8.40. The third-order valence-corrected chi connectivity index (χ3v) is 7.08. The standard InChI is InChI=1S/C25H37Cl2NO2/c1-4-5-6-7-18-15-22(29)24-20-14-19(17-28(12-10-26)13-11-27)8-9-21(20)25(2,3)30-23(24)16-18/h8,15-16,20-21,29H,4-7,9-14,17H2,1-3H3/t20?,21-/m1/s1. The number of hydrogen-bond donors (Lipinski definition) is 1. The van der Waals surface area contributed by atoms with E-state index in [4.69, 9.17) is 27.9 Å². The molecule has 0 saturated heterocycles. The minimum absolute atomic E-state index is 0.250. The highest BCUT2D eigenvalue weighted by atomic mass is 35.5. The van der Waals surface area contributed by atoms with Crippen LogP contribution in [0.3, 0.4) is 0 Å². The molecule has 0 bridgehead atoms. The summed E-state index contributed by atoms with van der Waals surface area (Å²) in [7, 11) is 0. The summed E-state index contributed by atoms with van der Waals surface area (Å²) in [5.41, 5.74) is 3.35. The molecule has 0 amide bonds. The number of benzene rings is 1. The average Bonchev–Trinajstić information content (AvgIpc) is 2.67. The van der Waals surface area contributed by atoms with Gasteiger partial charge in [0.15, 0.2) is 0 Å². The van der Waals surface area contributed by atoms with Gasteiger partial charge in [0.25, 0.3) is 0 Å². The molecule has 1 unspecified atom stereocenters. The smallest absolute Gasteiger partial charge is 0.127 e. The number of alkyl halides is 2. The highest BCUT2D eigenvalue weighted by Gasteiger charge is 2.46. The summed E-state index contributed by atoms with van der Waals surface area (Å²) in [5.74, 6) is 3.15. The number of aromatic hydroxyl groups is 1. The van der Waals surface area contributed by atoms with Crippen molar-refractivity contribution in [2.24, 2.45) is 5.92 Å². The molecule has 0 saturated carbocycles. The second-order valence-corrected chi connectivity index (χ2v) is 10.1. The van der Waals surface area contributed by atoms with Crippen LogP contribution in [0.2, 0.25) is 0 Å². The Labute approximate surface area is 192 Å². The van der Waals surface area contributed by atoms with Crippen LogP contribution in [0.4, 0.5) is 0 Å². The van der Waals surface area contributed by atoms with Crippen molar-refractivity contribution in [3.63, 3.8) is 0 Å². The van der Waals surface area contributed by atoms with Crippen LogP contribution in [0.15, 0.2) is 23.8 Å². The molecule has 1 aliphatic carbocycles. The molecule has 1 aliphatic heterocycles. The van der Waals surface area contributed by atoms with E-state index in [1.54, 1.807) is 0 Å². The van der Waals surface area contributed by atoms with Gasteiger partial charge in [0, 0.05) is 48.8 Å². The first kappa shape index (κ1) is 23.8. The van der Waals surface area contributed by atoms with Crippen molar-refractivity contribution in [2.45, 2.75) is 70.8 Å². The molecule has 1 aromatic carbocycles. The Balaban J connectivity index is 1.85. The zero-order valence-corrected chi connectivity index (χ0v) is 20.2. The molecule has 3 rings (SSSR count). The quantitative estimate of drug-likeness (QED) is 0.249. The van der Waals surface area contributed by atoms with Crippen LogP contribution < -0.4 is 4.74 Å². The zero-order chi connectivity index (χ0) is 21.7. The maximum Gasteiger partial charge on any atom is 0.127 e. The van der Waals surface area contributed by atoms with E-state index >= 15 is 0 Å². The van der Waals surface area contributed by atoms with E-state index in [2.05, 4.69) is 37.8 Å². The first-order valence-electron chi connectivity index (χ1n) is 11.5. The minimum Gasteiger partial charge on any atom is -0.508 e. The lowest BCUT2D eigenvalue weighted by molar-refractivity contribution is 0.00702. The Morgan fingerprint density at radius 3 is 2.57 bits per heavy atom. The summed E-state index contributed by atoms with van der Waals surface area (Å²) in [4.78, 5) is 2.33. The van der Waals surface area contributed by atoms with Crippen molar-refractivity contribution >= 4 is 23.2 Å². The van der Waals surface area contributed by atoms with E-state index in [0.29, 0.717) is 23.4 Å². The number of fused-ring (bicyclic) bond motifs is 3. The molecule has 0 radical (unpaired) electrons. The lowest BCUT2D eigenvalue weighted by Crippen LogP contribution is -2.46. The van der Waals surface area contributed by atoms with Crippen LogP contribution in [-0.2, 0) is 6.42 Å². The molecular weight excluding hydrogens is 417 g/mol.